The van der Waals surface area contributed by atoms with Gasteiger partial charge in [0.2, 0.25) is 5.43 Å². The van der Waals surface area contributed by atoms with Gasteiger partial charge in [0, 0.05) is 25.7 Å². The minimum absolute atomic E-state index is 0.0863. The van der Waals surface area contributed by atoms with Crippen molar-refractivity contribution in [3.05, 3.63) is 113 Å². The fourth-order valence-electron chi connectivity index (χ4n) is 5.47. The average molecular weight is 639 g/mol. The largest absolute Gasteiger partial charge is 0.504 e. The van der Waals surface area contributed by atoms with E-state index in [2.05, 4.69) is 80.1 Å². The SMILES string of the molecule is CC1(CCCCC2C=CC=C2)/C(=C\c2c(O)c(=O)c2=O)N(CCOc2ccc(Br)cc2)c2ccc(Br)cc21. The van der Waals surface area contributed by atoms with Crippen LogP contribution < -0.4 is 20.5 Å². The first-order chi connectivity index (χ1) is 18.3. The first-order valence-electron chi connectivity index (χ1n) is 12.8. The molecule has 7 heteroatoms. The number of ether oxygens (including phenoxy) is 1. The molecule has 1 aliphatic heterocycles. The Balaban J connectivity index is 1.45. The first kappa shape index (κ1) is 26.7. The third-order valence-electron chi connectivity index (χ3n) is 7.59. The summed E-state index contributed by atoms with van der Waals surface area (Å²) in [6.45, 7) is 3.15. The molecule has 0 radical (unpaired) electrons. The number of nitrogens with zero attached hydrogens (tertiary/aromatic N) is 1. The summed E-state index contributed by atoms with van der Waals surface area (Å²) in [5, 5.41) is 10.2. The van der Waals surface area contributed by atoms with E-state index >= 15 is 0 Å². The molecule has 1 unspecified atom stereocenters. The second kappa shape index (κ2) is 11.1. The molecule has 5 rings (SSSR count). The number of hydrogen-bond donors (Lipinski definition) is 1. The molecular formula is C31H29Br2NO4. The topological polar surface area (TPSA) is 66.8 Å². The summed E-state index contributed by atoms with van der Waals surface area (Å²) in [4.78, 5) is 26.3. The zero-order valence-electron chi connectivity index (χ0n) is 21.1. The molecule has 0 bridgehead atoms. The minimum Gasteiger partial charge on any atom is -0.504 e. The average Bonchev–Trinajstić information content (AvgIpc) is 3.51. The van der Waals surface area contributed by atoms with Gasteiger partial charge >= 0.3 is 0 Å². The summed E-state index contributed by atoms with van der Waals surface area (Å²) in [7, 11) is 0. The van der Waals surface area contributed by atoms with Gasteiger partial charge in [-0.1, -0.05) is 69.0 Å². The number of aromatic hydroxyl groups is 1. The molecule has 38 heavy (non-hydrogen) atoms. The van der Waals surface area contributed by atoms with E-state index in [0.29, 0.717) is 19.1 Å². The lowest BCUT2D eigenvalue weighted by molar-refractivity contribution is 0.325. The summed E-state index contributed by atoms with van der Waals surface area (Å²) in [6.07, 6.45) is 14.4. The molecule has 1 N–H and O–H groups in total. The van der Waals surface area contributed by atoms with Gasteiger partial charge in [0.15, 0.2) is 5.75 Å². The van der Waals surface area contributed by atoms with Gasteiger partial charge in [-0.05, 0) is 79.8 Å². The first-order valence-corrected chi connectivity index (χ1v) is 14.4. The molecule has 0 fully saturated rings. The summed E-state index contributed by atoms with van der Waals surface area (Å²) in [6, 6.07) is 13.9. The molecule has 1 heterocycles. The number of fused-ring (bicyclic) bond motifs is 1. The van der Waals surface area contributed by atoms with E-state index in [4.69, 9.17) is 4.74 Å². The maximum Gasteiger partial charge on any atom is 0.268 e. The molecule has 3 aromatic rings. The summed E-state index contributed by atoms with van der Waals surface area (Å²) < 4.78 is 8.01. The van der Waals surface area contributed by atoms with Crippen LogP contribution in [0, 0.1) is 5.92 Å². The zero-order chi connectivity index (χ0) is 26.9. The third-order valence-corrected chi connectivity index (χ3v) is 8.61. The Hall–Kier alpha value is -2.90. The minimum atomic E-state index is -0.820. The summed E-state index contributed by atoms with van der Waals surface area (Å²) in [5.41, 5.74) is 1.31. The van der Waals surface area contributed by atoms with Crippen LogP contribution in [0.5, 0.6) is 11.5 Å². The standard InChI is InChI=1S/C31H29Br2NO4/c1-31(15-5-4-8-20-6-2-3-7-20)25-18-22(33)11-14-26(25)34(16-17-38-23-12-9-21(32)10-13-23)27(31)19-24-28(35)30(37)29(24)36/h2-3,6-7,9-14,18-20,35H,4-5,8,15-17H2,1H3/b27-19+. The van der Waals surface area contributed by atoms with E-state index in [9.17, 15) is 14.7 Å². The highest BCUT2D eigenvalue weighted by Gasteiger charge is 2.44. The highest BCUT2D eigenvalue weighted by atomic mass is 79.9. The van der Waals surface area contributed by atoms with Crippen LogP contribution in [0.15, 0.2) is 91.0 Å². The number of allylic oxidation sites excluding steroid dienone is 5. The predicted molar refractivity (Wildman–Crippen MR) is 160 cm³/mol. The van der Waals surface area contributed by atoms with Crippen LogP contribution in [0.4, 0.5) is 5.69 Å². The number of benzene rings is 2. The number of halogens is 2. The molecule has 2 aliphatic rings. The number of hydrogen-bond acceptors (Lipinski definition) is 5. The van der Waals surface area contributed by atoms with Gasteiger partial charge in [-0.3, -0.25) is 9.59 Å². The molecule has 0 spiro atoms. The molecule has 0 saturated carbocycles. The number of anilines is 1. The quantitative estimate of drug-likeness (QED) is 0.191. The van der Waals surface area contributed by atoms with Crippen molar-refractivity contribution in [3.8, 4) is 11.5 Å². The van der Waals surface area contributed by atoms with Gasteiger partial charge in [0.25, 0.3) is 5.43 Å². The maximum absolute atomic E-state index is 12.4. The lowest BCUT2D eigenvalue weighted by Crippen LogP contribution is -2.35. The lowest BCUT2D eigenvalue weighted by atomic mass is 9.76. The predicted octanol–water partition coefficient (Wildman–Crippen LogP) is 7.01. The van der Waals surface area contributed by atoms with Gasteiger partial charge in [-0.25, -0.2) is 0 Å². The third kappa shape index (κ3) is 5.19. The van der Waals surface area contributed by atoms with Crippen molar-refractivity contribution in [2.24, 2.45) is 5.92 Å². The smallest absolute Gasteiger partial charge is 0.268 e. The highest BCUT2D eigenvalue weighted by Crippen LogP contribution is 2.52. The van der Waals surface area contributed by atoms with E-state index in [1.165, 1.54) is 0 Å². The molecule has 0 aromatic heterocycles. The van der Waals surface area contributed by atoms with Crippen molar-refractivity contribution in [2.45, 2.75) is 38.0 Å². The molecule has 0 amide bonds. The molecular weight excluding hydrogens is 610 g/mol. The molecule has 0 saturated heterocycles. The van der Waals surface area contributed by atoms with Crippen molar-refractivity contribution in [1.82, 2.24) is 0 Å². The Morgan fingerprint density at radius 1 is 1.00 bits per heavy atom. The van der Waals surface area contributed by atoms with Gasteiger partial charge in [0.1, 0.15) is 12.4 Å². The van der Waals surface area contributed by atoms with Crippen molar-refractivity contribution in [2.75, 3.05) is 18.1 Å². The Morgan fingerprint density at radius 3 is 2.42 bits per heavy atom. The van der Waals surface area contributed by atoms with E-state index in [0.717, 1.165) is 57.3 Å². The fraction of sp³-hybridized carbons (Fsp3) is 0.290. The van der Waals surface area contributed by atoms with E-state index in [1.54, 1.807) is 6.08 Å². The molecule has 196 valence electrons. The van der Waals surface area contributed by atoms with Crippen molar-refractivity contribution >= 4 is 43.6 Å². The van der Waals surface area contributed by atoms with Crippen LogP contribution in [-0.4, -0.2) is 18.3 Å². The molecule has 3 aromatic carbocycles. The second-order valence-electron chi connectivity index (χ2n) is 10.1. The number of unbranched alkanes of at least 4 members (excludes halogenated alkanes) is 1. The normalized spacial score (nSPS) is 19.7. The van der Waals surface area contributed by atoms with Crippen LogP contribution in [0.3, 0.4) is 0 Å². The van der Waals surface area contributed by atoms with Gasteiger partial charge in [0.05, 0.1) is 12.1 Å². The van der Waals surface area contributed by atoms with Crippen LogP contribution >= 0.6 is 31.9 Å². The zero-order valence-corrected chi connectivity index (χ0v) is 24.3. The summed E-state index contributed by atoms with van der Waals surface area (Å²) in [5.74, 6) is 0.815. The van der Waals surface area contributed by atoms with E-state index in [1.807, 2.05) is 30.3 Å². The molecule has 1 aliphatic carbocycles. The fourth-order valence-corrected chi connectivity index (χ4v) is 6.10. The monoisotopic (exact) mass is 637 g/mol. The maximum atomic E-state index is 12.4. The second-order valence-corrected chi connectivity index (χ2v) is 11.9. The Labute approximate surface area is 239 Å². The van der Waals surface area contributed by atoms with Crippen LogP contribution in [0.25, 0.3) is 6.08 Å². The number of rotatable bonds is 10. The Morgan fingerprint density at radius 2 is 1.71 bits per heavy atom. The van der Waals surface area contributed by atoms with Crippen LogP contribution in [-0.2, 0) is 5.41 Å². The van der Waals surface area contributed by atoms with Crippen molar-refractivity contribution in [3.63, 3.8) is 0 Å². The van der Waals surface area contributed by atoms with Gasteiger partial charge in [-0.2, -0.15) is 0 Å². The van der Waals surface area contributed by atoms with Crippen LogP contribution in [0.1, 0.15) is 43.7 Å². The van der Waals surface area contributed by atoms with E-state index in [-0.39, 0.29) is 5.56 Å². The highest BCUT2D eigenvalue weighted by molar-refractivity contribution is 9.10. The van der Waals surface area contributed by atoms with Crippen molar-refractivity contribution < 1.29 is 9.84 Å². The van der Waals surface area contributed by atoms with E-state index < -0.39 is 22.0 Å². The van der Waals surface area contributed by atoms with Crippen molar-refractivity contribution in [1.29, 1.82) is 0 Å². The van der Waals surface area contributed by atoms with Gasteiger partial charge in [-0.15, -0.1) is 0 Å². The molecule has 5 nitrogen and oxygen atoms in total. The Bertz CT molecular complexity index is 1490. The Kier molecular flexibility index (Phi) is 7.78. The summed E-state index contributed by atoms with van der Waals surface area (Å²) >= 11 is 7.09. The lowest BCUT2D eigenvalue weighted by Gasteiger charge is -2.31. The van der Waals surface area contributed by atoms with Crippen LogP contribution in [0.2, 0.25) is 0 Å². The molecule has 1 atom stereocenters. The van der Waals surface area contributed by atoms with Gasteiger partial charge < -0.3 is 14.7 Å².